The molecule has 3 rings (SSSR count). The van der Waals surface area contributed by atoms with E-state index in [4.69, 9.17) is 14.6 Å². The molecule has 0 bridgehead atoms. The van der Waals surface area contributed by atoms with Crippen LogP contribution >= 0.6 is 0 Å². The van der Waals surface area contributed by atoms with Crippen LogP contribution in [-0.2, 0) is 42.4 Å². The molecule has 0 amide bonds. The third-order valence-corrected chi connectivity index (χ3v) is 8.82. The van der Waals surface area contributed by atoms with Crippen LogP contribution in [0.2, 0.25) is 0 Å². The summed E-state index contributed by atoms with van der Waals surface area (Å²) in [6, 6.07) is 4.00. The standard InChI is InChI=1S/C24H32F3N3O9S2/c1-5-29-15-20(22(28-29)37-10-9-31)41(35,36)30-14-17(8-11-40(4,33)34)38-19-7-6-16(12-18(19)30)13-21(32)39-23(2,3)24(25,26)27/h6-7,12,15,17,31H,5,8-11,13-14H2,1-4H3/t17-/m0/s1. The van der Waals surface area contributed by atoms with Crippen LogP contribution in [0.3, 0.4) is 0 Å². The molecule has 1 aliphatic rings. The van der Waals surface area contributed by atoms with Gasteiger partial charge in [0.2, 0.25) is 5.60 Å². The number of halogens is 3. The van der Waals surface area contributed by atoms with E-state index in [1.54, 1.807) is 6.92 Å². The van der Waals surface area contributed by atoms with E-state index in [1.165, 1.54) is 29.1 Å². The van der Waals surface area contributed by atoms with Crippen molar-refractivity contribution in [1.29, 1.82) is 0 Å². The number of sulfone groups is 1. The number of anilines is 1. The number of hydrogen-bond donors (Lipinski definition) is 1. The van der Waals surface area contributed by atoms with Crippen LogP contribution in [0.4, 0.5) is 18.9 Å². The lowest BCUT2D eigenvalue weighted by Crippen LogP contribution is -2.44. The first-order valence-electron chi connectivity index (χ1n) is 12.5. The van der Waals surface area contributed by atoms with Gasteiger partial charge in [0.05, 0.1) is 31.0 Å². The van der Waals surface area contributed by atoms with Gasteiger partial charge in [-0.3, -0.25) is 13.8 Å². The SMILES string of the molecule is CCn1cc(S(=O)(=O)N2C[C@H](CCS(C)(=O)=O)Oc3ccc(CC(=O)OC(C)(C)C(F)(F)F)cc32)c(OCCO)n1. The smallest absolute Gasteiger partial charge is 0.427 e. The number of rotatable bonds is 12. The number of ether oxygens (including phenoxy) is 3. The third-order valence-electron chi connectivity index (χ3n) is 6.08. The first-order chi connectivity index (χ1) is 18.9. The number of nitrogens with zero attached hydrogens (tertiary/aromatic N) is 3. The molecule has 1 aromatic carbocycles. The van der Waals surface area contributed by atoms with Crippen molar-refractivity contribution in [3.05, 3.63) is 30.0 Å². The molecule has 12 nitrogen and oxygen atoms in total. The number of sulfonamides is 1. The summed E-state index contributed by atoms with van der Waals surface area (Å²) in [4.78, 5) is 12.0. The zero-order chi connectivity index (χ0) is 30.8. The van der Waals surface area contributed by atoms with Crippen LogP contribution < -0.4 is 13.8 Å². The van der Waals surface area contributed by atoms with Gasteiger partial charge in [-0.2, -0.15) is 13.2 Å². The van der Waals surface area contributed by atoms with Gasteiger partial charge in [-0.05, 0) is 44.9 Å². The average molecular weight is 628 g/mol. The lowest BCUT2D eigenvalue weighted by molar-refractivity contribution is -0.257. The summed E-state index contributed by atoms with van der Waals surface area (Å²) >= 11 is 0. The molecule has 0 spiro atoms. The number of carbonyl (C=O) groups is 1. The number of hydrogen-bond acceptors (Lipinski definition) is 10. The highest BCUT2D eigenvalue weighted by atomic mass is 32.2. The van der Waals surface area contributed by atoms with E-state index in [-0.39, 0.29) is 53.1 Å². The third kappa shape index (κ3) is 7.82. The molecule has 1 N–H and O–H groups in total. The van der Waals surface area contributed by atoms with Crippen LogP contribution in [0, 0.1) is 0 Å². The maximum atomic E-state index is 14.0. The van der Waals surface area contributed by atoms with Crippen molar-refractivity contribution < 1.29 is 54.1 Å². The summed E-state index contributed by atoms with van der Waals surface area (Å²) in [7, 11) is -7.86. The first-order valence-corrected chi connectivity index (χ1v) is 16.0. The number of aliphatic hydroxyl groups excluding tert-OH is 1. The zero-order valence-corrected chi connectivity index (χ0v) is 24.5. The van der Waals surface area contributed by atoms with E-state index in [1.807, 2.05) is 0 Å². The summed E-state index contributed by atoms with van der Waals surface area (Å²) in [5.41, 5.74) is -2.63. The van der Waals surface area contributed by atoms with E-state index >= 15 is 0 Å². The summed E-state index contributed by atoms with van der Waals surface area (Å²) in [5, 5.41) is 13.3. The highest BCUT2D eigenvalue weighted by Crippen LogP contribution is 2.40. The summed E-state index contributed by atoms with van der Waals surface area (Å²) in [6.45, 7) is 2.47. The molecule has 41 heavy (non-hydrogen) atoms. The number of aliphatic hydroxyl groups is 1. The average Bonchev–Trinajstić information content (AvgIpc) is 3.28. The van der Waals surface area contributed by atoms with E-state index in [9.17, 15) is 34.8 Å². The molecular weight excluding hydrogens is 595 g/mol. The van der Waals surface area contributed by atoms with Crippen LogP contribution in [0.25, 0.3) is 0 Å². The van der Waals surface area contributed by atoms with Gasteiger partial charge in [-0.15, -0.1) is 5.10 Å². The van der Waals surface area contributed by atoms with Gasteiger partial charge in [0.25, 0.3) is 15.9 Å². The Morgan fingerprint density at radius 3 is 2.49 bits per heavy atom. The van der Waals surface area contributed by atoms with Gasteiger partial charge >= 0.3 is 12.1 Å². The number of fused-ring (bicyclic) bond motifs is 1. The number of alkyl halides is 3. The Kier molecular flexibility index (Phi) is 9.54. The maximum absolute atomic E-state index is 14.0. The molecule has 2 aromatic rings. The Morgan fingerprint density at radius 1 is 1.22 bits per heavy atom. The zero-order valence-electron chi connectivity index (χ0n) is 22.8. The normalized spacial score (nSPS) is 16.2. The fourth-order valence-corrected chi connectivity index (χ4v) is 6.09. The summed E-state index contributed by atoms with van der Waals surface area (Å²) < 4.78 is 109. The summed E-state index contributed by atoms with van der Waals surface area (Å²) in [5.74, 6) is -1.69. The molecule has 0 unspecified atom stereocenters. The Bertz CT molecular complexity index is 1470. The predicted molar refractivity (Wildman–Crippen MR) is 140 cm³/mol. The molecule has 0 saturated heterocycles. The van der Waals surface area contributed by atoms with Crippen LogP contribution in [0.1, 0.15) is 32.8 Å². The van der Waals surface area contributed by atoms with Crippen LogP contribution in [-0.4, -0.2) is 87.3 Å². The molecule has 17 heteroatoms. The Morgan fingerprint density at radius 2 is 1.90 bits per heavy atom. The molecule has 0 fully saturated rings. The quantitative estimate of drug-likeness (QED) is 0.346. The van der Waals surface area contributed by atoms with Gasteiger partial charge < -0.3 is 19.3 Å². The second-order valence-corrected chi connectivity index (χ2v) is 14.0. The minimum absolute atomic E-state index is 0.0293. The molecule has 1 aromatic heterocycles. The summed E-state index contributed by atoms with van der Waals surface area (Å²) in [6.07, 6.45) is -4.05. The number of esters is 1. The second kappa shape index (κ2) is 12.1. The molecule has 1 atom stereocenters. The fourth-order valence-electron chi connectivity index (χ4n) is 3.82. The minimum Gasteiger partial charge on any atom is -0.486 e. The monoisotopic (exact) mass is 627 g/mol. The lowest BCUT2D eigenvalue weighted by atomic mass is 10.1. The number of benzene rings is 1. The molecular formula is C24H32F3N3O9S2. The Labute approximate surface area is 236 Å². The van der Waals surface area contributed by atoms with Gasteiger partial charge in [-0.1, -0.05) is 6.07 Å². The van der Waals surface area contributed by atoms with E-state index < -0.39 is 56.7 Å². The number of carbonyl (C=O) groups excluding carboxylic acids is 1. The van der Waals surface area contributed by atoms with Gasteiger partial charge in [0.15, 0.2) is 4.90 Å². The van der Waals surface area contributed by atoms with Crippen molar-refractivity contribution >= 4 is 31.5 Å². The molecule has 230 valence electrons. The van der Waals surface area contributed by atoms with Gasteiger partial charge in [-0.25, -0.2) is 16.8 Å². The lowest BCUT2D eigenvalue weighted by Gasteiger charge is -2.35. The van der Waals surface area contributed by atoms with Crippen LogP contribution in [0.15, 0.2) is 29.3 Å². The topological polar surface area (TPSA) is 154 Å². The maximum Gasteiger partial charge on any atom is 0.427 e. The van der Waals surface area contributed by atoms with E-state index in [0.717, 1.165) is 10.6 Å². The Balaban J connectivity index is 2.03. The molecule has 0 aliphatic carbocycles. The molecule has 2 heterocycles. The largest absolute Gasteiger partial charge is 0.486 e. The fraction of sp³-hybridized carbons (Fsp3) is 0.583. The molecule has 0 radical (unpaired) electrons. The second-order valence-electron chi connectivity index (χ2n) is 9.88. The first kappa shape index (κ1) is 32.5. The van der Waals surface area contributed by atoms with Crippen molar-refractivity contribution in [2.45, 2.75) is 62.9 Å². The molecule has 1 aliphatic heterocycles. The minimum atomic E-state index is -4.81. The highest BCUT2D eigenvalue weighted by Gasteiger charge is 2.50. The highest BCUT2D eigenvalue weighted by molar-refractivity contribution is 7.93. The van der Waals surface area contributed by atoms with Gasteiger partial charge in [0.1, 0.15) is 28.3 Å². The molecule has 0 saturated carbocycles. The van der Waals surface area contributed by atoms with Crippen molar-refractivity contribution in [1.82, 2.24) is 9.78 Å². The van der Waals surface area contributed by atoms with Gasteiger partial charge in [0, 0.05) is 19.0 Å². The number of aromatic nitrogens is 2. The van der Waals surface area contributed by atoms with Crippen molar-refractivity contribution in [2.75, 3.05) is 36.1 Å². The van der Waals surface area contributed by atoms with Crippen molar-refractivity contribution in [3.63, 3.8) is 0 Å². The van der Waals surface area contributed by atoms with E-state index in [2.05, 4.69) is 9.84 Å². The number of aryl methyl sites for hydroxylation is 1. The Hall–Kier alpha value is -3.05. The van der Waals surface area contributed by atoms with E-state index in [0.29, 0.717) is 20.4 Å². The van der Waals surface area contributed by atoms with Crippen LogP contribution in [0.5, 0.6) is 11.6 Å². The van der Waals surface area contributed by atoms with Crippen molar-refractivity contribution in [3.8, 4) is 11.6 Å². The predicted octanol–water partition coefficient (Wildman–Crippen LogP) is 2.09. The van der Waals surface area contributed by atoms with Crippen molar-refractivity contribution in [2.24, 2.45) is 0 Å².